The molecule has 0 bridgehead atoms. The van der Waals surface area contributed by atoms with Crippen molar-refractivity contribution in [1.29, 1.82) is 0 Å². The number of para-hydroxylation sites is 1. The first-order valence-electron chi connectivity index (χ1n) is 8.07. The molecule has 0 radical (unpaired) electrons. The number of hydrogen-bond donors (Lipinski definition) is 1. The van der Waals surface area contributed by atoms with Gasteiger partial charge in [-0.15, -0.1) is 0 Å². The second-order valence-corrected chi connectivity index (χ2v) is 8.04. The van der Waals surface area contributed by atoms with Crippen molar-refractivity contribution in [3.05, 3.63) is 62.7 Å². The molecule has 0 unspecified atom stereocenters. The molecular weight excluding hydrogens is 397 g/mol. The SMILES string of the molecule is C=[N+](CCc1ccc(CCC)cc1[I-]C)Cc1ccccc1O. The molecule has 0 fully saturated rings. The molecule has 124 valence electrons. The van der Waals surface area contributed by atoms with Crippen LogP contribution in [0.1, 0.15) is 30.0 Å². The van der Waals surface area contributed by atoms with Gasteiger partial charge in [-0.25, -0.2) is 0 Å². The Morgan fingerprint density at radius 3 is 2.57 bits per heavy atom. The molecule has 0 saturated heterocycles. The summed E-state index contributed by atoms with van der Waals surface area (Å²) in [5.74, 6) is 0.352. The number of aromatic hydroxyl groups is 1. The maximum atomic E-state index is 9.86. The van der Waals surface area contributed by atoms with Crippen LogP contribution in [-0.2, 0) is 19.4 Å². The average Bonchev–Trinajstić information content (AvgIpc) is 2.56. The van der Waals surface area contributed by atoms with E-state index in [1.807, 2.05) is 22.8 Å². The molecule has 0 aliphatic rings. The van der Waals surface area contributed by atoms with Gasteiger partial charge in [0.05, 0.1) is 0 Å². The number of rotatable bonds is 8. The number of benzene rings is 2. The van der Waals surface area contributed by atoms with Crippen LogP contribution < -0.4 is 21.2 Å². The first kappa shape index (κ1) is 18.0. The normalized spacial score (nSPS) is 10.9. The van der Waals surface area contributed by atoms with Crippen LogP contribution in [0.5, 0.6) is 5.75 Å². The van der Waals surface area contributed by atoms with Crippen LogP contribution in [0.25, 0.3) is 0 Å². The number of phenolic OH excluding ortho intramolecular Hbond substituents is 1. The Hall–Kier alpha value is -1.36. The third-order valence-corrected chi connectivity index (χ3v) is 6.11. The van der Waals surface area contributed by atoms with Crippen LogP contribution in [0, 0.1) is 3.57 Å². The van der Waals surface area contributed by atoms with Crippen molar-refractivity contribution in [1.82, 2.24) is 0 Å². The Morgan fingerprint density at radius 2 is 1.87 bits per heavy atom. The van der Waals surface area contributed by atoms with Gasteiger partial charge in [-0.3, -0.25) is 0 Å². The summed E-state index contributed by atoms with van der Waals surface area (Å²) < 4.78 is 3.60. The Kier molecular flexibility index (Phi) is 7.09. The van der Waals surface area contributed by atoms with Gasteiger partial charge in [-0.05, 0) is 0 Å². The van der Waals surface area contributed by atoms with Crippen molar-refractivity contribution in [2.45, 2.75) is 32.7 Å². The maximum absolute atomic E-state index is 9.86. The molecule has 0 aliphatic heterocycles. The van der Waals surface area contributed by atoms with Crippen molar-refractivity contribution < 1.29 is 30.9 Å². The number of aryl methyl sites for hydroxylation is 1. The van der Waals surface area contributed by atoms with Gasteiger partial charge in [0.25, 0.3) is 0 Å². The van der Waals surface area contributed by atoms with Crippen LogP contribution in [0.3, 0.4) is 0 Å². The summed E-state index contributed by atoms with van der Waals surface area (Å²) in [6, 6.07) is 14.5. The molecule has 0 spiro atoms. The molecule has 0 atom stereocenters. The minimum atomic E-state index is 0.0939. The number of phenols is 1. The van der Waals surface area contributed by atoms with E-state index < -0.39 is 0 Å². The predicted octanol–water partition coefficient (Wildman–Crippen LogP) is 0.689. The van der Waals surface area contributed by atoms with Gasteiger partial charge in [0, 0.05) is 0 Å². The molecule has 0 heterocycles. The van der Waals surface area contributed by atoms with Gasteiger partial charge >= 0.3 is 150 Å². The molecule has 3 heteroatoms. The van der Waals surface area contributed by atoms with Gasteiger partial charge in [0.1, 0.15) is 0 Å². The zero-order valence-electron chi connectivity index (χ0n) is 14.1. The first-order chi connectivity index (χ1) is 11.1. The van der Waals surface area contributed by atoms with E-state index in [0.717, 1.165) is 18.5 Å². The van der Waals surface area contributed by atoms with Gasteiger partial charge < -0.3 is 0 Å². The Morgan fingerprint density at radius 1 is 1.09 bits per heavy atom. The van der Waals surface area contributed by atoms with E-state index in [9.17, 15) is 5.11 Å². The molecule has 0 saturated carbocycles. The quantitative estimate of drug-likeness (QED) is 0.287. The van der Waals surface area contributed by atoms with Crippen molar-refractivity contribution in [3.63, 3.8) is 0 Å². The van der Waals surface area contributed by atoms with Crippen LogP contribution in [-0.4, -0.2) is 27.9 Å². The van der Waals surface area contributed by atoms with Crippen molar-refractivity contribution in [3.8, 4) is 5.75 Å². The van der Waals surface area contributed by atoms with Crippen molar-refractivity contribution >= 4 is 6.72 Å². The summed E-state index contributed by atoms with van der Waals surface area (Å²) in [5.41, 5.74) is 3.86. The Bertz CT molecular complexity index is 666. The van der Waals surface area contributed by atoms with E-state index in [-0.39, 0.29) is 21.2 Å². The molecule has 2 aromatic rings. The van der Waals surface area contributed by atoms with Gasteiger partial charge in [-0.2, -0.15) is 0 Å². The van der Waals surface area contributed by atoms with Crippen molar-refractivity contribution in [2.24, 2.45) is 0 Å². The van der Waals surface area contributed by atoms with Gasteiger partial charge in [-0.1, -0.05) is 0 Å². The fourth-order valence-corrected chi connectivity index (χ4v) is 4.51. The van der Waals surface area contributed by atoms with Crippen molar-refractivity contribution in [2.75, 3.05) is 11.5 Å². The molecule has 0 amide bonds. The zero-order chi connectivity index (χ0) is 16.7. The molecule has 0 aromatic heterocycles. The fourth-order valence-electron chi connectivity index (χ4n) is 2.66. The van der Waals surface area contributed by atoms with Crippen LogP contribution in [0.15, 0.2) is 42.5 Å². The number of halogens is 1. The monoisotopic (exact) mass is 423 g/mol. The van der Waals surface area contributed by atoms with E-state index in [1.165, 1.54) is 24.0 Å². The first-order valence-corrected chi connectivity index (χ1v) is 11.3. The summed E-state index contributed by atoms with van der Waals surface area (Å²) in [5, 5.41) is 9.86. The summed E-state index contributed by atoms with van der Waals surface area (Å²) in [6.45, 7) is 7.93. The van der Waals surface area contributed by atoms with E-state index in [4.69, 9.17) is 0 Å². The molecule has 1 N–H and O–H groups in total. The Balaban J connectivity index is 1.97. The molecule has 0 aliphatic carbocycles. The fraction of sp³-hybridized carbons (Fsp3) is 0.350. The zero-order valence-corrected chi connectivity index (χ0v) is 16.2. The second-order valence-electron chi connectivity index (χ2n) is 5.80. The third-order valence-electron chi connectivity index (χ3n) is 3.94. The Labute approximate surface area is 150 Å². The summed E-state index contributed by atoms with van der Waals surface area (Å²) in [4.78, 5) is 2.33. The molecular formula is C20H26INO. The van der Waals surface area contributed by atoms with Crippen LogP contribution in [0.2, 0.25) is 0 Å². The minimum absolute atomic E-state index is 0.0939. The number of alkyl halides is 1. The third kappa shape index (κ3) is 5.34. The topological polar surface area (TPSA) is 23.2 Å². The molecule has 23 heavy (non-hydrogen) atoms. The van der Waals surface area contributed by atoms with Gasteiger partial charge in [0.15, 0.2) is 0 Å². The predicted molar refractivity (Wildman–Crippen MR) is 92.8 cm³/mol. The van der Waals surface area contributed by atoms with E-state index in [2.05, 4.69) is 36.8 Å². The van der Waals surface area contributed by atoms with Crippen LogP contribution >= 0.6 is 0 Å². The number of hydrogen-bond acceptors (Lipinski definition) is 1. The summed E-state index contributed by atoms with van der Waals surface area (Å²) >= 11 is 0.0939. The van der Waals surface area contributed by atoms with E-state index in [0.29, 0.717) is 12.3 Å². The summed E-state index contributed by atoms with van der Waals surface area (Å²) in [7, 11) is 0. The molecule has 2 nitrogen and oxygen atoms in total. The average molecular weight is 423 g/mol. The standard InChI is InChI=1S/C20H26INO/c1-4-7-16-10-11-17(19(14-16)21-2)12-13-22(3)15-18-8-5-6-9-20(18)23/h5-6,8-11,14,23H,3-4,7,12-13,15H2,1-2H3. The molecule has 2 rings (SSSR count). The van der Waals surface area contributed by atoms with E-state index in [1.54, 1.807) is 9.64 Å². The number of nitrogens with zero attached hydrogens (tertiary/aromatic N) is 1. The van der Waals surface area contributed by atoms with Crippen LogP contribution in [0.4, 0.5) is 0 Å². The second kappa shape index (κ2) is 9.06. The van der Waals surface area contributed by atoms with E-state index >= 15 is 0 Å². The molecule has 2 aromatic carbocycles. The summed E-state index contributed by atoms with van der Waals surface area (Å²) in [6.07, 6.45) is 3.40. The van der Waals surface area contributed by atoms with Gasteiger partial charge in [0.2, 0.25) is 0 Å².